The van der Waals surface area contributed by atoms with Crippen molar-refractivity contribution in [2.75, 3.05) is 10.5 Å². The molecule has 2 rings (SSSR count). The van der Waals surface area contributed by atoms with Crippen LogP contribution >= 0.6 is 31.9 Å². The predicted octanol–water partition coefficient (Wildman–Crippen LogP) is 2.99. The molecule has 0 aliphatic heterocycles. The van der Waals surface area contributed by atoms with Crippen molar-refractivity contribution >= 4 is 53.4 Å². The Labute approximate surface area is 127 Å². The second-order valence-corrected chi connectivity index (χ2v) is 7.08. The second kappa shape index (κ2) is 5.48. The Kier molecular flexibility index (Phi) is 4.12. The largest absolute Gasteiger partial charge is 0.399 e. The van der Waals surface area contributed by atoms with E-state index in [0.29, 0.717) is 10.2 Å². The maximum Gasteiger partial charge on any atom is 0.264 e. The number of nitrogens with two attached hydrogens (primary N) is 1. The zero-order valence-corrected chi connectivity index (χ0v) is 13.5. The van der Waals surface area contributed by atoms with Gasteiger partial charge in [-0.3, -0.25) is 4.72 Å². The van der Waals surface area contributed by atoms with Crippen molar-refractivity contribution in [1.82, 2.24) is 4.98 Å². The summed E-state index contributed by atoms with van der Waals surface area (Å²) in [4.78, 5) is 4.02. The Bertz CT molecular complexity index is 702. The first-order valence-corrected chi connectivity index (χ1v) is 8.15. The molecule has 1 aromatic carbocycles. The Morgan fingerprint density at radius 3 is 2.53 bits per heavy atom. The second-order valence-electron chi connectivity index (χ2n) is 3.66. The minimum absolute atomic E-state index is 0.0669. The van der Waals surface area contributed by atoms with Gasteiger partial charge in [0, 0.05) is 20.8 Å². The summed E-state index contributed by atoms with van der Waals surface area (Å²) in [5.41, 5.74) is 5.97. The van der Waals surface area contributed by atoms with Gasteiger partial charge in [-0.25, -0.2) is 13.4 Å². The average molecular weight is 407 g/mol. The van der Waals surface area contributed by atoms with Gasteiger partial charge in [0.2, 0.25) is 0 Å². The van der Waals surface area contributed by atoms with Gasteiger partial charge < -0.3 is 5.73 Å². The number of aromatic nitrogens is 1. The Hall–Kier alpha value is -1.12. The van der Waals surface area contributed by atoms with Crippen molar-refractivity contribution in [3.8, 4) is 0 Å². The molecule has 100 valence electrons. The zero-order chi connectivity index (χ0) is 14.0. The summed E-state index contributed by atoms with van der Waals surface area (Å²) in [7, 11) is -3.73. The van der Waals surface area contributed by atoms with Gasteiger partial charge in [-0.2, -0.15) is 0 Å². The Morgan fingerprint density at radius 1 is 1.16 bits per heavy atom. The highest BCUT2D eigenvalue weighted by molar-refractivity contribution is 9.10. The van der Waals surface area contributed by atoms with Crippen LogP contribution in [0.5, 0.6) is 0 Å². The van der Waals surface area contributed by atoms with Crippen LogP contribution in [0.2, 0.25) is 0 Å². The fourth-order valence-electron chi connectivity index (χ4n) is 1.35. The smallest absolute Gasteiger partial charge is 0.264 e. The standard InChI is InChI=1S/C11H9Br2N3O2S/c12-7-1-4-11(15-6-7)16-19(17,18)10-5-8(14)2-3-9(10)13/h1-6H,14H2,(H,15,16). The molecule has 0 saturated heterocycles. The molecule has 0 saturated carbocycles. The monoisotopic (exact) mass is 405 g/mol. The van der Waals surface area contributed by atoms with Crippen LogP contribution < -0.4 is 10.5 Å². The molecule has 3 N–H and O–H groups in total. The van der Waals surface area contributed by atoms with Crippen molar-refractivity contribution in [3.05, 3.63) is 45.5 Å². The normalized spacial score (nSPS) is 11.3. The average Bonchev–Trinajstić information content (AvgIpc) is 2.35. The number of nitrogen functional groups attached to an aromatic ring is 1. The molecule has 0 radical (unpaired) electrons. The summed E-state index contributed by atoms with van der Waals surface area (Å²) in [5, 5.41) is 0. The van der Waals surface area contributed by atoms with E-state index in [2.05, 4.69) is 41.6 Å². The lowest BCUT2D eigenvalue weighted by Crippen LogP contribution is -2.14. The molecule has 2 aromatic rings. The first-order valence-electron chi connectivity index (χ1n) is 5.08. The number of nitrogens with one attached hydrogen (secondary N) is 1. The molecule has 0 amide bonds. The first-order chi connectivity index (χ1) is 8.88. The number of anilines is 2. The molecule has 0 bridgehead atoms. The number of benzene rings is 1. The summed E-state index contributed by atoms with van der Waals surface area (Å²) >= 11 is 6.42. The van der Waals surface area contributed by atoms with Crippen LogP contribution in [0, 0.1) is 0 Å². The minimum atomic E-state index is -3.73. The number of hydrogen-bond donors (Lipinski definition) is 2. The van der Waals surface area contributed by atoms with Gasteiger partial charge in [-0.1, -0.05) is 0 Å². The van der Waals surface area contributed by atoms with Crippen molar-refractivity contribution in [2.45, 2.75) is 4.90 Å². The molecule has 1 heterocycles. The molecule has 0 aliphatic carbocycles. The lowest BCUT2D eigenvalue weighted by Gasteiger charge is -2.09. The van der Waals surface area contributed by atoms with E-state index in [4.69, 9.17) is 5.73 Å². The van der Waals surface area contributed by atoms with E-state index in [-0.39, 0.29) is 10.7 Å². The van der Waals surface area contributed by atoms with Gasteiger partial charge in [-0.15, -0.1) is 0 Å². The van der Waals surface area contributed by atoms with Gasteiger partial charge in [-0.05, 0) is 62.2 Å². The van der Waals surface area contributed by atoms with Gasteiger partial charge in [0.1, 0.15) is 10.7 Å². The van der Waals surface area contributed by atoms with E-state index in [1.165, 1.54) is 12.3 Å². The predicted molar refractivity (Wildman–Crippen MR) is 81.3 cm³/mol. The summed E-state index contributed by atoms with van der Waals surface area (Å²) in [6.45, 7) is 0. The molecular weight excluding hydrogens is 398 g/mol. The van der Waals surface area contributed by atoms with Crippen molar-refractivity contribution in [2.24, 2.45) is 0 Å². The molecule has 1 aromatic heterocycles. The van der Waals surface area contributed by atoms with Crippen LogP contribution in [0.1, 0.15) is 0 Å². The summed E-state index contributed by atoms with van der Waals surface area (Å²) < 4.78 is 28.0. The third-order valence-corrected chi connectivity index (χ3v) is 5.03. The van der Waals surface area contributed by atoms with Crippen molar-refractivity contribution in [3.63, 3.8) is 0 Å². The number of halogens is 2. The highest BCUT2D eigenvalue weighted by atomic mass is 79.9. The quantitative estimate of drug-likeness (QED) is 0.767. The fourth-order valence-corrected chi connectivity index (χ4v) is 3.60. The summed E-state index contributed by atoms with van der Waals surface area (Å²) in [6.07, 6.45) is 1.51. The lowest BCUT2D eigenvalue weighted by atomic mass is 10.3. The number of sulfonamides is 1. The molecule has 5 nitrogen and oxygen atoms in total. The van der Waals surface area contributed by atoms with E-state index in [0.717, 1.165) is 4.47 Å². The number of hydrogen-bond acceptors (Lipinski definition) is 4. The van der Waals surface area contributed by atoms with Gasteiger partial charge in [0.15, 0.2) is 0 Å². The van der Waals surface area contributed by atoms with E-state index in [1.807, 2.05) is 0 Å². The van der Waals surface area contributed by atoms with Gasteiger partial charge >= 0.3 is 0 Å². The third kappa shape index (κ3) is 3.46. The van der Waals surface area contributed by atoms with Crippen LogP contribution in [0.4, 0.5) is 11.5 Å². The molecule has 0 atom stereocenters. The Morgan fingerprint density at radius 2 is 1.89 bits per heavy atom. The van der Waals surface area contributed by atoms with E-state index < -0.39 is 10.0 Å². The Balaban J connectivity index is 2.37. The maximum atomic E-state index is 12.2. The van der Waals surface area contributed by atoms with Crippen LogP contribution in [-0.4, -0.2) is 13.4 Å². The van der Waals surface area contributed by atoms with Gasteiger partial charge in [0.05, 0.1) is 0 Å². The topological polar surface area (TPSA) is 85.1 Å². The summed E-state index contributed by atoms with van der Waals surface area (Å²) in [6, 6.07) is 7.83. The molecule has 0 spiro atoms. The maximum absolute atomic E-state index is 12.2. The van der Waals surface area contributed by atoms with Crippen LogP contribution in [0.25, 0.3) is 0 Å². The van der Waals surface area contributed by atoms with Crippen LogP contribution in [0.15, 0.2) is 50.4 Å². The van der Waals surface area contributed by atoms with Crippen LogP contribution in [0.3, 0.4) is 0 Å². The van der Waals surface area contributed by atoms with E-state index in [9.17, 15) is 8.42 Å². The third-order valence-electron chi connectivity index (χ3n) is 2.21. The SMILES string of the molecule is Nc1ccc(Br)c(S(=O)(=O)Nc2ccc(Br)cn2)c1. The fraction of sp³-hybridized carbons (Fsp3) is 0. The first kappa shape index (κ1) is 14.3. The van der Waals surface area contributed by atoms with E-state index >= 15 is 0 Å². The zero-order valence-electron chi connectivity index (χ0n) is 9.47. The van der Waals surface area contributed by atoms with Crippen LogP contribution in [-0.2, 0) is 10.0 Å². The number of pyridine rings is 1. The molecule has 19 heavy (non-hydrogen) atoms. The molecular formula is C11H9Br2N3O2S. The number of nitrogens with zero attached hydrogens (tertiary/aromatic N) is 1. The van der Waals surface area contributed by atoms with Crippen molar-refractivity contribution in [1.29, 1.82) is 0 Å². The number of rotatable bonds is 3. The molecule has 0 aliphatic rings. The van der Waals surface area contributed by atoms with Crippen molar-refractivity contribution < 1.29 is 8.42 Å². The lowest BCUT2D eigenvalue weighted by molar-refractivity contribution is 0.600. The minimum Gasteiger partial charge on any atom is -0.399 e. The highest BCUT2D eigenvalue weighted by Gasteiger charge is 2.18. The summed E-state index contributed by atoms with van der Waals surface area (Å²) in [5.74, 6) is 0.234. The highest BCUT2D eigenvalue weighted by Crippen LogP contribution is 2.26. The van der Waals surface area contributed by atoms with E-state index in [1.54, 1.807) is 24.3 Å². The molecule has 8 heteroatoms. The molecule has 0 unspecified atom stereocenters. The molecule has 0 fully saturated rings. The van der Waals surface area contributed by atoms with Gasteiger partial charge in [0.25, 0.3) is 10.0 Å².